The molecule has 0 aliphatic rings. The van der Waals surface area contributed by atoms with E-state index in [0.29, 0.717) is 11.3 Å². The molecule has 0 aliphatic heterocycles. The normalized spacial score (nSPS) is 15.6. The zero-order valence-corrected chi connectivity index (χ0v) is 11.7. The van der Waals surface area contributed by atoms with E-state index in [9.17, 15) is 8.42 Å². The third-order valence-corrected chi connectivity index (χ3v) is 5.19. The first kappa shape index (κ1) is 14.2. The minimum atomic E-state index is -3.26. The summed E-state index contributed by atoms with van der Waals surface area (Å²) in [5.74, 6) is 0. The van der Waals surface area contributed by atoms with Gasteiger partial charge in [0, 0.05) is 6.04 Å². The highest BCUT2D eigenvalue weighted by Gasteiger charge is 2.25. The van der Waals surface area contributed by atoms with Crippen molar-refractivity contribution in [1.29, 1.82) is 0 Å². The molecule has 2 N–H and O–H groups in total. The number of hydrogen-bond donors (Lipinski definition) is 1. The summed E-state index contributed by atoms with van der Waals surface area (Å²) in [7, 11) is -3.26. The molecule has 0 bridgehead atoms. The van der Waals surface area contributed by atoms with Crippen LogP contribution in [0.25, 0.3) is 0 Å². The fourth-order valence-corrected chi connectivity index (χ4v) is 3.74. The Morgan fingerprint density at radius 1 is 1.24 bits per heavy atom. The van der Waals surface area contributed by atoms with Crippen molar-refractivity contribution in [3.8, 4) is 0 Å². The molecule has 1 aromatic rings. The number of aryl methyl sites for hydroxylation is 2. The van der Waals surface area contributed by atoms with Gasteiger partial charge in [0.05, 0.1) is 10.1 Å². The molecule has 0 saturated heterocycles. The highest BCUT2D eigenvalue weighted by molar-refractivity contribution is 7.92. The zero-order chi connectivity index (χ0) is 13.2. The van der Waals surface area contributed by atoms with Crippen molar-refractivity contribution in [3.05, 3.63) is 29.3 Å². The molecular weight excluding hydrogens is 234 g/mol. The monoisotopic (exact) mass is 255 g/mol. The van der Waals surface area contributed by atoms with Gasteiger partial charge in [-0.05, 0) is 45.7 Å². The molecule has 0 radical (unpaired) electrons. The van der Waals surface area contributed by atoms with Crippen LogP contribution in [0.1, 0.15) is 31.4 Å². The summed E-state index contributed by atoms with van der Waals surface area (Å²) in [6.45, 7) is 7.33. The van der Waals surface area contributed by atoms with E-state index in [-0.39, 0.29) is 6.04 Å². The second-order valence-corrected chi connectivity index (χ2v) is 7.17. The first-order valence-corrected chi connectivity index (χ1v) is 7.36. The molecule has 0 heterocycles. The quantitative estimate of drug-likeness (QED) is 0.897. The number of hydrogen-bond acceptors (Lipinski definition) is 3. The van der Waals surface area contributed by atoms with E-state index in [1.807, 2.05) is 32.9 Å². The second-order valence-electron chi connectivity index (χ2n) is 4.84. The van der Waals surface area contributed by atoms with E-state index in [2.05, 4.69) is 0 Å². The van der Waals surface area contributed by atoms with Crippen molar-refractivity contribution in [2.75, 3.05) is 0 Å². The first-order chi connectivity index (χ1) is 7.75. The lowest BCUT2D eigenvalue weighted by atomic mass is 10.2. The fraction of sp³-hybridized carbons (Fsp3) is 0.538. The molecule has 4 heteroatoms. The summed E-state index contributed by atoms with van der Waals surface area (Å²) in [5, 5.41) is -0.441. The predicted molar refractivity (Wildman–Crippen MR) is 70.8 cm³/mol. The Balaban J connectivity index is 3.13. The average Bonchev–Trinajstić information content (AvgIpc) is 2.15. The molecule has 17 heavy (non-hydrogen) atoms. The van der Waals surface area contributed by atoms with Crippen molar-refractivity contribution in [1.82, 2.24) is 0 Å². The molecule has 1 aromatic carbocycles. The average molecular weight is 255 g/mol. The Bertz CT molecular complexity index is 492. The Morgan fingerprint density at radius 3 is 2.29 bits per heavy atom. The summed E-state index contributed by atoms with van der Waals surface area (Å²) in [4.78, 5) is 0.427. The van der Waals surface area contributed by atoms with Crippen LogP contribution < -0.4 is 5.73 Å². The van der Waals surface area contributed by atoms with Crippen molar-refractivity contribution in [2.45, 2.75) is 50.3 Å². The largest absolute Gasteiger partial charge is 0.328 e. The minimum Gasteiger partial charge on any atom is -0.328 e. The maximum Gasteiger partial charge on any atom is 0.181 e. The Labute approximate surface area is 104 Å². The lowest BCUT2D eigenvalue weighted by Crippen LogP contribution is -2.27. The maximum absolute atomic E-state index is 12.3. The van der Waals surface area contributed by atoms with Crippen LogP contribution in [-0.4, -0.2) is 19.7 Å². The van der Waals surface area contributed by atoms with Crippen molar-refractivity contribution < 1.29 is 8.42 Å². The topological polar surface area (TPSA) is 60.2 Å². The molecule has 2 atom stereocenters. The predicted octanol–water partition coefficient (Wildman–Crippen LogP) is 2.20. The van der Waals surface area contributed by atoms with E-state index >= 15 is 0 Å². The lowest BCUT2D eigenvalue weighted by molar-refractivity contribution is 0.562. The van der Waals surface area contributed by atoms with Gasteiger partial charge in [-0.2, -0.15) is 0 Å². The van der Waals surface area contributed by atoms with Gasteiger partial charge in [-0.1, -0.05) is 17.7 Å². The third-order valence-electron chi connectivity index (χ3n) is 2.87. The van der Waals surface area contributed by atoms with Crippen LogP contribution in [0.15, 0.2) is 23.1 Å². The van der Waals surface area contributed by atoms with Crippen LogP contribution in [0.4, 0.5) is 0 Å². The van der Waals surface area contributed by atoms with E-state index < -0.39 is 15.1 Å². The molecule has 2 unspecified atom stereocenters. The molecule has 0 amide bonds. The Kier molecular flexibility index (Phi) is 4.33. The van der Waals surface area contributed by atoms with Gasteiger partial charge >= 0.3 is 0 Å². The molecule has 0 fully saturated rings. The van der Waals surface area contributed by atoms with Gasteiger partial charge in [0.1, 0.15) is 0 Å². The minimum absolute atomic E-state index is 0.106. The van der Waals surface area contributed by atoms with Gasteiger partial charge in [0.25, 0.3) is 0 Å². The summed E-state index contributed by atoms with van der Waals surface area (Å²) in [6, 6.07) is 5.31. The van der Waals surface area contributed by atoms with Crippen LogP contribution in [0, 0.1) is 13.8 Å². The first-order valence-electron chi connectivity index (χ1n) is 5.82. The van der Waals surface area contributed by atoms with Gasteiger partial charge in [0.2, 0.25) is 0 Å². The highest BCUT2D eigenvalue weighted by atomic mass is 32.2. The van der Waals surface area contributed by atoms with Gasteiger partial charge in [0.15, 0.2) is 9.84 Å². The molecule has 1 rings (SSSR count). The molecule has 0 aromatic heterocycles. The number of benzene rings is 1. The third kappa shape index (κ3) is 3.30. The summed E-state index contributed by atoms with van der Waals surface area (Å²) >= 11 is 0. The van der Waals surface area contributed by atoms with E-state index in [0.717, 1.165) is 11.1 Å². The van der Waals surface area contributed by atoms with Gasteiger partial charge in [-0.25, -0.2) is 8.42 Å². The smallest absolute Gasteiger partial charge is 0.181 e. The fourth-order valence-electron chi connectivity index (χ4n) is 1.99. The van der Waals surface area contributed by atoms with E-state index in [4.69, 9.17) is 5.73 Å². The SMILES string of the molecule is Cc1ccc(S(=O)(=O)C(C)CC(C)N)c(C)c1. The maximum atomic E-state index is 12.3. The van der Waals surface area contributed by atoms with Crippen LogP contribution in [-0.2, 0) is 9.84 Å². The lowest BCUT2D eigenvalue weighted by Gasteiger charge is -2.16. The summed E-state index contributed by atoms with van der Waals surface area (Å²) in [5.41, 5.74) is 7.54. The van der Waals surface area contributed by atoms with Crippen LogP contribution in [0.2, 0.25) is 0 Å². The molecule has 0 spiro atoms. The number of nitrogens with two attached hydrogens (primary N) is 1. The Morgan fingerprint density at radius 2 is 1.82 bits per heavy atom. The van der Waals surface area contributed by atoms with Crippen LogP contribution in [0.5, 0.6) is 0 Å². The van der Waals surface area contributed by atoms with Gasteiger partial charge in [-0.3, -0.25) is 0 Å². The molecule has 0 saturated carbocycles. The van der Waals surface area contributed by atoms with Gasteiger partial charge < -0.3 is 5.73 Å². The van der Waals surface area contributed by atoms with E-state index in [1.54, 1.807) is 13.0 Å². The van der Waals surface area contributed by atoms with Crippen LogP contribution in [0.3, 0.4) is 0 Å². The second kappa shape index (κ2) is 5.19. The molecular formula is C13H21NO2S. The van der Waals surface area contributed by atoms with Crippen molar-refractivity contribution in [2.24, 2.45) is 5.73 Å². The zero-order valence-electron chi connectivity index (χ0n) is 10.9. The summed E-state index contributed by atoms with van der Waals surface area (Å²) < 4.78 is 24.7. The van der Waals surface area contributed by atoms with Crippen molar-refractivity contribution in [3.63, 3.8) is 0 Å². The Hall–Kier alpha value is -0.870. The number of rotatable bonds is 4. The van der Waals surface area contributed by atoms with Gasteiger partial charge in [-0.15, -0.1) is 0 Å². The van der Waals surface area contributed by atoms with E-state index in [1.165, 1.54) is 0 Å². The number of sulfone groups is 1. The summed E-state index contributed by atoms with van der Waals surface area (Å²) in [6.07, 6.45) is 0.482. The van der Waals surface area contributed by atoms with Crippen LogP contribution >= 0.6 is 0 Å². The highest BCUT2D eigenvalue weighted by Crippen LogP contribution is 2.23. The molecule has 96 valence electrons. The van der Waals surface area contributed by atoms with Crippen molar-refractivity contribution >= 4 is 9.84 Å². The molecule has 0 aliphatic carbocycles. The standard InChI is InChI=1S/C13H21NO2S/c1-9-5-6-13(10(2)7-9)17(15,16)12(4)8-11(3)14/h5-7,11-12H,8,14H2,1-4H3. The molecule has 3 nitrogen and oxygen atoms in total.